The van der Waals surface area contributed by atoms with E-state index < -0.39 is 0 Å². The first kappa shape index (κ1) is 11.7. The SMILES string of the molecule is Brc1cccc2c1CCN(C1CCNCC1)C2. The molecule has 1 aromatic rings. The van der Waals surface area contributed by atoms with Crippen LogP contribution in [0.25, 0.3) is 0 Å². The van der Waals surface area contributed by atoms with Gasteiger partial charge in [-0.15, -0.1) is 0 Å². The third kappa shape index (κ3) is 2.42. The molecule has 1 fully saturated rings. The summed E-state index contributed by atoms with van der Waals surface area (Å²) < 4.78 is 1.29. The highest BCUT2D eigenvalue weighted by Gasteiger charge is 2.25. The van der Waals surface area contributed by atoms with E-state index in [9.17, 15) is 0 Å². The normalized spacial score (nSPS) is 22.4. The maximum Gasteiger partial charge on any atom is 0.0239 e. The minimum atomic E-state index is 0.795. The smallest absolute Gasteiger partial charge is 0.0239 e. The fourth-order valence-corrected chi connectivity index (χ4v) is 3.67. The second-order valence-corrected chi connectivity index (χ2v) is 5.93. The lowest BCUT2D eigenvalue weighted by Gasteiger charge is -2.38. The molecular formula is C14H19BrN2. The van der Waals surface area contributed by atoms with Crippen molar-refractivity contribution in [3.8, 4) is 0 Å². The van der Waals surface area contributed by atoms with Crippen LogP contribution >= 0.6 is 15.9 Å². The Balaban J connectivity index is 1.76. The van der Waals surface area contributed by atoms with E-state index in [0.717, 1.165) is 12.6 Å². The van der Waals surface area contributed by atoms with Crippen LogP contribution < -0.4 is 5.32 Å². The minimum Gasteiger partial charge on any atom is -0.317 e. The second kappa shape index (κ2) is 5.09. The molecule has 0 aromatic heterocycles. The van der Waals surface area contributed by atoms with Gasteiger partial charge in [-0.05, 0) is 49.5 Å². The number of nitrogens with zero attached hydrogens (tertiary/aromatic N) is 1. The zero-order valence-corrected chi connectivity index (χ0v) is 11.7. The van der Waals surface area contributed by atoms with E-state index in [1.165, 1.54) is 54.5 Å². The standard InChI is InChI=1S/C14H19BrN2/c15-14-3-1-2-11-10-17(9-6-13(11)14)12-4-7-16-8-5-12/h1-3,12,16H,4-10H2. The number of nitrogens with one attached hydrogen (secondary N) is 1. The summed E-state index contributed by atoms with van der Waals surface area (Å²) in [6.45, 7) is 4.73. The summed E-state index contributed by atoms with van der Waals surface area (Å²) in [5.41, 5.74) is 3.04. The lowest BCUT2D eigenvalue weighted by atomic mass is 9.96. The first-order chi connectivity index (χ1) is 8.34. The van der Waals surface area contributed by atoms with Gasteiger partial charge in [-0.1, -0.05) is 28.1 Å². The van der Waals surface area contributed by atoms with Crippen LogP contribution in [-0.2, 0) is 13.0 Å². The van der Waals surface area contributed by atoms with Crippen LogP contribution in [0.3, 0.4) is 0 Å². The van der Waals surface area contributed by atoms with Gasteiger partial charge in [-0.3, -0.25) is 4.90 Å². The van der Waals surface area contributed by atoms with E-state index in [1.807, 2.05) is 0 Å². The van der Waals surface area contributed by atoms with E-state index >= 15 is 0 Å². The summed E-state index contributed by atoms with van der Waals surface area (Å²) in [7, 11) is 0. The molecule has 0 saturated carbocycles. The number of benzene rings is 1. The van der Waals surface area contributed by atoms with Crippen LogP contribution in [0.5, 0.6) is 0 Å². The Morgan fingerprint density at radius 2 is 2.06 bits per heavy atom. The van der Waals surface area contributed by atoms with Crippen molar-refractivity contribution in [2.75, 3.05) is 19.6 Å². The number of halogens is 1. The summed E-state index contributed by atoms with van der Waals surface area (Å²) >= 11 is 3.67. The van der Waals surface area contributed by atoms with Crippen LogP contribution in [0.1, 0.15) is 24.0 Å². The third-order valence-electron chi connectivity index (χ3n) is 4.06. The third-order valence-corrected chi connectivity index (χ3v) is 4.81. The molecule has 2 nitrogen and oxygen atoms in total. The molecule has 1 N–H and O–H groups in total. The molecule has 0 bridgehead atoms. The molecule has 1 aromatic carbocycles. The Kier molecular flexibility index (Phi) is 3.50. The Hall–Kier alpha value is -0.380. The van der Waals surface area contributed by atoms with Crippen molar-refractivity contribution >= 4 is 15.9 Å². The Labute approximate surface area is 112 Å². The predicted molar refractivity (Wildman–Crippen MR) is 74.1 cm³/mol. The Bertz CT molecular complexity index is 399. The van der Waals surface area contributed by atoms with Gasteiger partial charge in [0.05, 0.1) is 0 Å². The van der Waals surface area contributed by atoms with Crippen LogP contribution in [-0.4, -0.2) is 30.6 Å². The van der Waals surface area contributed by atoms with E-state index in [4.69, 9.17) is 0 Å². The van der Waals surface area contributed by atoms with Gasteiger partial charge in [0.15, 0.2) is 0 Å². The molecule has 0 amide bonds. The lowest BCUT2D eigenvalue weighted by molar-refractivity contribution is 0.147. The average molecular weight is 295 g/mol. The number of hydrogen-bond acceptors (Lipinski definition) is 2. The molecule has 0 spiro atoms. The van der Waals surface area contributed by atoms with Gasteiger partial charge in [0.25, 0.3) is 0 Å². The molecule has 2 aliphatic rings. The van der Waals surface area contributed by atoms with Crippen LogP contribution in [0, 0.1) is 0 Å². The zero-order chi connectivity index (χ0) is 11.7. The van der Waals surface area contributed by atoms with E-state index in [1.54, 1.807) is 0 Å². The van der Waals surface area contributed by atoms with Gasteiger partial charge in [-0.2, -0.15) is 0 Å². The molecule has 2 aliphatic heterocycles. The van der Waals surface area contributed by atoms with Crippen molar-refractivity contribution in [2.45, 2.75) is 31.8 Å². The minimum absolute atomic E-state index is 0.795. The van der Waals surface area contributed by atoms with E-state index in [2.05, 4.69) is 44.3 Å². The maximum atomic E-state index is 3.67. The van der Waals surface area contributed by atoms with E-state index in [0.29, 0.717) is 0 Å². The van der Waals surface area contributed by atoms with Gasteiger partial charge in [-0.25, -0.2) is 0 Å². The molecule has 1 saturated heterocycles. The summed E-state index contributed by atoms with van der Waals surface area (Å²) in [5.74, 6) is 0. The van der Waals surface area contributed by atoms with Crippen molar-refractivity contribution < 1.29 is 0 Å². The summed E-state index contributed by atoms with van der Waals surface area (Å²) in [4.78, 5) is 2.68. The van der Waals surface area contributed by atoms with Gasteiger partial charge in [0.2, 0.25) is 0 Å². The number of fused-ring (bicyclic) bond motifs is 1. The van der Waals surface area contributed by atoms with Crippen LogP contribution in [0.2, 0.25) is 0 Å². The first-order valence-electron chi connectivity index (χ1n) is 6.55. The van der Waals surface area contributed by atoms with Crippen LogP contribution in [0.4, 0.5) is 0 Å². The molecule has 17 heavy (non-hydrogen) atoms. The van der Waals surface area contributed by atoms with Gasteiger partial charge in [0, 0.05) is 23.6 Å². The van der Waals surface area contributed by atoms with Crippen molar-refractivity contribution in [1.29, 1.82) is 0 Å². The molecule has 2 heterocycles. The highest BCUT2D eigenvalue weighted by molar-refractivity contribution is 9.10. The van der Waals surface area contributed by atoms with E-state index in [-0.39, 0.29) is 0 Å². The first-order valence-corrected chi connectivity index (χ1v) is 7.35. The van der Waals surface area contributed by atoms with Crippen molar-refractivity contribution in [3.05, 3.63) is 33.8 Å². The van der Waals surface area contributed by atoms with Gasteiger partial charge < -0.3 is 5.32 Å². The van der Waals surface area contributed by atoms with Gasteiger partial charge >= 0.3 is 0 Å². The zero-order valence-electron chi connectivity index (χ0n) is 10.1. The van der Waals surface area contributed by atoms with Crippen molar-refractivity contribution in [2.24, 2.45) is 0 Å². The molecule has 3 heteroatoms. The predicted octanol–water partition coefficient (Wildman–Crippen LogP) is 2.56. The van der Waals surface area contributed by atoms with Crippen molar-refractivity contribution in [3.63, 3.8) is 0 Å². The fourth-order valence-electron chi connectivity index (χ4n) is 3.07. The largest absolute Gasteiger partial charge is 0.317 e. The quantitative estimate of drug-likeness (QED) is 0.856. The highest BCUT2D eigenvalue weighted by atomic mass is 79.9. The highest BCUT2D eigenvalue weighted by Crippen LogP contribution is 2.28. The number of rotatable bonds is 1. The molecule has 0 unspecified atom stereocenters. The number of hydrogen-bond donors (Lipinski definition) is 1. The molecular weight excluding hydrogens is 276 g/mol. The molecule has 92 valence electrons. The Morgan fingerprint density at radius 1 is 1.24 bits per heavy atom. The number of piperidine rings is 1. The summed E-state index contributed by atoms with van der Waals surface area (Å²) in [6, 6.07) is 7.41. The van der Waals surface area contributed by atoms with Crippen molar-refractivity contribution in [1.82, 2.24) is 10.2 Å². The Morgan fingerprint density at radius 3 is 2.88 bits per heavy atom. The fraction of sp³-hybridized carbons (Fsp3) is 0.571. The molecule has 3 rings (SSSR count). The second-order valence-electron chi connectivity index (χ2n) is 5.08. The monoisotopic (exact) mass is 294 g/mol. The average Bonchev–Trinajstić information content (AvgIpc) is 2.40. The summed E-state index contributed by atoms with van der Waals surface area (Å²) in [6.07, 6.45) is 3.81. The molecule has 0 radical (unpaired) electrons. The lowest BCUT2D eigenvalue weighted by Crippen LogP contribution is -2.45. The summed E-state index contributed by atoms with van der Waals surface area (Å²) in [5, 5.41) is 3.45. The van der Waals surface area contributed by atoms with Gasteiger partial charge in [0.1, 0.15) is 0 Å². The topological polar surface area (TPSA) is 15.3 Å². The van der Waals surface area contributed by atoms with Crippen LogP contribution in [0.15, 0.2) is 22.7 Å². The molecule has 0 atom stereocenters. The maximum absolute atomic E-state index is 3.67. The molecule has 0 aliphatic carbocycles.